The quantitative estimate of drug-likeness (QED) is 0.446. The average Bonchev–Trinajstić information content (AvgIpc) is 3.42. The van der Waals surface area contributed by atoms with Crippen LogP contribution in [0.15, 0.2) is 34.9 Å². The zero-order chi connectivity index (χ0) is 22.4. The molecular formula is C24H23N3O4S. The number of ether oxygens (including phenoxy) is 2. The number of benzene rings is 1. The molecule has 1 amide bonds. The van der Waals surface area contributed by atoms with Crippen molar-refractivity contribution in [3.8, 4) is 22.1 Å². The average molecular weight is 450 g/mol. The van der Waals surface area contributed by atoms with E-state index >= 15 is 0 Å². The second-order valence-electron chi connectivity index (χ2n) is 7.87. The first-order valence-electron chi connectivity index (χ1n) is 10.4. The van der Waals surface area contributed by atoms with E-state index in [1.165, 1.54) is 10.4 Å². The lowest BCUT2D eigenvalue weighted by Gasteiger charge is -2.30. The van der Waals surface area contributed by atoms with Crippen LogP contribution in [0.3, 0.4) is 0 Å². The van der Waals surface area contributed by atoms with Crippen LogP contribution in [0.25, 0.3) is 21.7 Å². The number of fused-ring (bicyclic) bond motifs is 2. The molecule has 3 aromatic heterocycles. The number of thiophene rings is 1. The zero-order valence-electron chi connectivity index (χ0n) is 18.4. The predicted molar refractivity (Wildman–Crippen MR) is 123 cm³/mol. The minimum atomic E-state index is -0.0568. The van der Waals surface area contributed by atoms with Crippen molar-refractivity contribution in [2.45, 2.75) is 26.8 Å². The van der Waals surface area contributed by atoms with Crippen molar-refractivity contribution in [1.82, 2.24) is 15.0 Å². The van der Waals surface area contributed by atoms with Gasteiger partial charge in [-0.3, -0.25) is 4.79 Å². The van der Waals surface area contributed by atoms with Gasteiger partial charge < -0.3 is 18.9 Å². The Morgan fingerprint density at radius 1 is 1.09 bits per heavy atom. The first-order valence-corrected chi connectivity index (χ1v) is 11.2. The molecule has 164 valence electrons. The lowest BCUT2D eigenvalue weighted by molar-refractivity contribution is 0.0736. The maximum atomic E-state index is 13.7. The summed E-state index contributed by atoms with van der Waals surface area (Å²) in [6, 6.07) is 9.89. The molecular weight excluding hydrogens is 426 g/mol. The summed E-state index contributed by atoms with van der Waals surface area (Å²) in [5, 5.41) is 4.74. The minimum absolute atomic E-state index is 0.0568. The minimum Gasteiger partial charge on any atom is -0.493 e. The molecule has 0 saturated carbocycles. The lowest BCUT2D eigenvalue weighted by atomic mass is 9.97. The van der Waals surface area contributed by atoms with Crippen LogP contribution >= 0.6 is 11.3 Å². The fourth-order valence-corrected chi connectivity index (χ4v) is 5.02. The van der Waals surface area contributed by atoms with Crippen LogP contribution in [0.4, 0.5) is 0 Å². The van der Waals surface area contributed by atoms with Gasteiger partial charge >= 0.3 is 0 Å². The number of hydrogen-bond donors (Lipinski definition) is 0. The van der Waals surface area contributed by atoms with E-state index in [4.69, 9.17) is 14.0 Å². The third-order valence-electron chi connectivity index (χ3n) is 5.85. The molecule has 8 heteroatoms. The van der Waals surface area contributed by atoms with E-state index in [0.29, 0.717) is 46.9 Å². The van der Waals surface area contributed by atoms with Crippen molar-refractivity contribution >= 4 is 28.3 Å². The van der Waals surface area contributed by atoms with Crippen LogP contribution in [0.5, 0.6) is 11.5 Å². The third-order valence-corrected chi connectivity index (χ3v) is 6.87. The first-order chi connectivity index (χ1) is 15.5. The highest BCUT2D eigenvalue weighted by atomic mass is 32.1. The Labute approximate surface area is 189 Å². The third kappa shape index (κ3) is 3.40. The highest BCUT2D eigenvalue weighted by Crippen LogP contribution is 2.35. The largest absolute Gasteiger partial charge is 0.493 e. The highest BCUT2D eigenvalue weighted by Gasteiger charge is 2.27. The Balaban J connectivity index is 1.54. The molecule has 5 rings (SSSR count). The van der Waals surface area contributed by atoms with Gasteiger partial charge in [0, 0.05) is 18.0 Å². The van der Waals surface area contributed by atoms with Crippen molar-refractivity contribution in [2.75, 3.05) is 20.8 Å². The summed E-state index contributed by atoms with van der Waals surface area (Å²) in [4.78, 5) is 22.4. The van der Waals surface area contributed by atoms with Crippen LogP contribution in [0, 0.1) is 13.8 Å². The molecule has 1 aliphatic heterocycles. The Kier molecular flexibility index (Phi) is 5.09. The van der Waals surface area contributed by atoms with Gasteiger partial charge in [-0.1, -0.05) is 5.16 Å². The topological polar surface area (TPSA) is 77.7 Å². The number of methoxy groups -OCH3 is 2. The Morgan fingerprint density at radius 3 is 2.53 bits per heavy atom. The van der Waals surface area contributed by atoms with E-state index in [2.05, 4.69) is 10.1 Å². The molecule has 1 aromatic carbocycles. The monoisotopic (exact) mass is 449 g/mol. The van der Waals surface area contributed by atoms with E-state index in [1.807, 2.05) is 49.1 Å². The van der Waals surface area contributed by atoms with Crippen molar-refractivity contribution in [3.05, 3.63) is 57.6 Å². The number of aromatic nitrogens is 2. The van der Waals surface area contributed by atoms with Gasteiger partial charge in [0.25, 0.3) is 11.6 Å². The van der Waals surface area contributed by atoms with Gasteiger partial charge in [0.15, 0.2) is 11.5 Å². The van der Waals surface area contributed by atoms with Gasteiger partial charge in [-0.15, -0.1) is 11.3 Å². The number of aryl methyl sites for hydroxylation is 2. The van der Waals surface area contributed by atoms with Gasteiger partial charge in [0.2, 0.25) is 0 Å². The highest BCUT2D eigenvalue weighted by molar-refractivity contribution is 7.15. The molecule has 0 atom stereocenters. The van der Waals surface area contributed by atoms with Crippen molar-refractivity contribution in [3.63, 3.8) is 0 Å². The number of amides is 1. The molecule has 4 aromatic rings. The summed E-state index contributed by atoms with van der Waals surface area (Å²) >= 11 is 1.64. The number of pyridine rings is 1. The van der Waals surface area contributed by atoms with E-state index in [1.54, 1.807) is 25.6 Å². The van der Waals surface area contributed by atoms with Gasteiger partial charge in [0.1, 0.15) is 0 Å². The van der Waals surface area contributed by atoms with Crippen LogP contribution in [0.1, 0.15) is 32.1 Å². The molecule has 0 N–H and O–H groups in total. The Morgan fingerprint density at radius 2 is 1.84 bits per heavy atom. The lowest BCUT2D eigenvalue weighted by Crippen LogP contribution is -2.36. The van der Waals surface area contributed by atoms with E-state index in [9.17, 15) is 4.79 Å². The Hall–Kier alpha value is -3.39. The van der Waals surface area contributed by atoms with Crippen molar-refractivity contribution in [2.24, 2.45) is 0 Å². The van der Waals surface area contributed by atoms with Crippen molar-refractivity contribution < 1.29 is 18.8 Å². The SMILES string of the molecule is COc1cc2c(cc1OC)CN(C(=O)c1cc(-c3ccc(C)s3)nc3onc(C)c13)CC2. The molecule has 0 aliphatic carbocycles. The molecule has 1 aliphatic rings. The maximum absolute atomic E-state index is 13.7. The van der Waals surface area contributed by atoms with Crippen molar-refractivity contribution in [1.29, 1.82) is 0 Å². The van der Waals surface area contributed by atoms with Gasteiger partial charge in [-0.05, 0) is 61.7 Å². The number of rotatable bonds is 4. The summed E-state index contributed by atoms with van der Waals surface area (Å²) in [7, 11) is 3.25. The van der Waals surface area contributed by atoms with Gasteiger partial charge in [-0.25, -0.2) is 4.98 Å². The van der Waals surface area contributed by atoms with Crippen LogP contribution in [-0.2, 0) is 13.0 Å². The summed E-state index contributed by atoms with van der Waals surface area (Å²) in [6.07, 6.45) is 0.745. The van der Waals surface area contributed by atoms with Crippen LogP contribution in [0.2, 0.25) is 0 Å². The summed E-state index contributed by atoms with van der Waals surface area (Å²) in [5.41, 5.74) is 4.57. The molecule has 0 saturated heterocycles. The number of carbonyl (C=O) groups excluding carboxylic acids is 1. The zero-order valence-corrected chi connectivity index (χ0v) is 19.2. The molecule has 4 heterocycles. The van der Waals surface area contributed by atoms with E-state index < -0.39 is 0 Å². The van der Waals surface area contributed by atoms with Crippen LogP contribution < -0.4 is 9.47 Å². The van der Waals surface area contributed by atoms with Crippen LogP contribution in [-0.4, -0.2) is 41.7 Å². The van der Waals surface area contributed by atoms with E-state index in [-0.39, 0.29) is 5.91 Å². The molecule has 7 nitrogen and oxygen atoms in total. The molecule has 32 heavy (non-hydrogen) atoms. The molecule has 0 spiro atoms. The predicted octanol–water partition coefficient (Wildman–Crippen LogP) is 4.78. The first kappa shape index (κ1) is 20.5. The summed E-state index contributed by atoms with van der Waals surface area (Å²) in [6.45, 7) is 4.99. The second-order valence-corrected chi connectivity index (χ2v) is 9.15. The normalized spacial score (nSPS) is 13.3. The van der Waals surface area contributed by atoms with E-state index in [0.717, 1.165) is 22.6 Å². The smallest absolute Gasteiger partial charge is 0.259 e. The standard InChI is InChI=1S/C24H23N3O4S/c1-13-5-6-21(32-13)18-11-17(22-14(2)26-31-23(22)25-18)24(28)27-8-7-15-9-19(29-3)20(30-4)10-16(15)12-27/h5-6,9-11H,7-8,12H2,1-4H3. The summed E-state index contributed by atoms with van der Waals surface area (Å²) < 4.78 is 16.3. The maximum Gasteiger partial charge on any atom is 0.259 e. The second kappa shape index (κ2) is 7.94. The van der Waals surface area contributed by atoms with Gasteiger partial charge in [0.05, 0.1) is 41.4 Å². The molecule has 0 bridgehead atoms. The molecule has 0 fully saturated rings. The Bertz CT molecular complexity index is 1340. The summed E-state index contributed by atoms with van der Waals surface area (Å²) in [5.74, 6) is 1.31. The van der Waals surface area contributed by atoms with Gasteiger partial charge in [-0.2, -0.15) is 0 Å². The number of nitrogens with zero attached hydrogens (tertiary/aromatic N) is 3. The fraction of sp³-hybridized carbons (Fsp3) is 0.292. The number of carbonyl (C=O) groups is 1. The number of hydrogen-bond acceptors (Lipinski definition) is 7. The molecule has 0 radical (unpaired) electrons. The molecule has 0 unspecified atom stereocenters. The fourth-order valence-electron chi connectivity index (χ4n) is 4.19.